The standard InChI is InChI=1S/C14H18BrNO2/c15-13-5-1-4-12(7-13)14(18)9-16-6-2-3-11(8-16)10-17/h1,4-5,7,11,17H,2-3,6,8-10H2. The van der Waals surface area contributed by atoms with E-state index < -0.39 is 0 Å². The molecule has 2 rings (SSSR count). The summed E-state index contributed by atoms with van der Waals surface area (Å²) in [6, 6.07) is 7.50. The average molecular weight is 312 g/mol. The normalized spacial score (nSPS) is 20.9. The van der Waals surface area contributed by atoms with Crippen LogP contribution in [-0.2, 0) is 0 Å². The van der Waals surface area contributed by atoms with Gasteiger partial charge in [0.1, 0.15) is 0 Å². The van der Waals surface area contributed by atoms with Gasteiger partial charge in [-0.3, -0.25) is 9.69 Å². The van der Waals surface area contributed by atoms with Crippen LogP contribution in [0.25, 0.3) is 0 Å². The minimum Gasteiger partial charge on any atom is -0.396 e. The minimum absolute atomic E-state index is 0.148. The number of aliphatic hydroxyl groups is 1. The maximum Gasteiger partial charge on any atom is 0.176 e. The molecule has 1 unspecified atom stereocenters. The highest BCUT2D eigenvalue weighted by atomic mass is 79.9. The minimum atomic E-state index is 0.148. The molecule has 0 aromatic heterocycles. The molecule has 1 aliphatic heterocycles. The highest BCUT2D eigenvalue weighted by molar-refractivity contribution is 9.10. The number of carbonyl (C=O) groups excluding carboxylic acids is 1. The Kier molecular flexibility index (Phi) is 4.92. The number of hydrogen-bond donors (Lipinski definition) is 1. The number of nitrogens with zero attached hydrogens (tertiary/aromatic N) is 1. The summed E-state index contributed by atoms with van der Waals surface area (Å²) < 4.78 is 0.931. The number of aliphatic hydroxyl groups excluding tert-OH is 1. The summed E-state index contributed by atoms with van der Waals surface area (Å²) in [5, 5.41) is 9.18. The van der Waals surface area contributed by atoms with Gasteiger partial charge < -0.3 is 5.11 Å². The number of ketones is 1. The molecule has 1 saturated heterocycles. The first-order valence-electron chi connectivity index (χ1n) is 6.31. The molecule has 98 valence electrons. The first-order chi connectivity index (χ1) is 8.69. The SMILES string of the molecule is O=C(CN1CCCC(CO)C1)c1cccc(Br)c1. The molecule has 0 amide bonds. The van der Waals surface area contributed by atoms with Crippen molar-refractivity contribution >= 4 is 21.7 Å². The quantitative estimate of drug-likeness (QED) is 0.868. The Labute approximate surface area is 116 Å². The van der Waals surface area contributed by atoms with E-state index in [-0.39, 0.29) is 12.4 Å². The van der Waals surface area contributed by atoms with E-state index in [4.69, 9.17) is 0 Å². The second-order valence-corrected chi connectivity index (χ2v) is 5.78. The zero-order chi connectivity index (χ0) is 13.0. The fourth-order valence-corrected chi connectivity index (χ4v) is 2.80. The lowest BCUT2D eigenvalue weighted by atomic mass is 9.98. The summed E-state index contributed by atoms with van der Waals surface area (Å²) in [5.41, 5.74) is 0.746. The van der Waals surface area contributed by atoms with Crippen molar-refractivity contribution in [2.24, 2.45) is 5.92 Å². The average Bonchev–Trinajstić information content (AvgIpc) is 2.39. The number of Topliss-reactive ketones (excluding diaryl/α,β-unsaturated/α-hetero) is 1. The number of likely N-dealkylation sites (tertiary alicyclic amines) is 1. The Morgan fingerprint density at radius 1 is 1.50 bits per heavy atom. The van der Waals surface area contributed by atoms with Crippen LogP contribution in [0.5, 0.6) is 0 Å². The van der Waals surface area contributed by atoms with Crippen LogP contribution in [0.15, 0.2) is 28.7 Å². The van der Waals surface area contributed by atoms with E-state index in [1.54, 1.807) is 0 Å². The van der Waals surface area contributed by atoms with Crippen LogP contribution in [-0.4, -0.2) is 42.0 Å². The molecular weight excluding hydrogens is 294 g/mol. The maximum atomic E-state index is 12.1. The summed E-state index contributed by atoms with van der Waals surface area (Å²) >= 11 is 3.38. The number of hydrogen-bond acceptors (Lipinski definition) is 3. The number of carbonyl (C=O) groups is 1. The topological polar surface area (TPSA) is 40.5 Å². The molecule has 0 radical (unpaired) electrons. The van der Waals surface area contributed by atoms with E-state index in [1.165, 1.54) is 0 Å². The van der Waals surface area contributed by atoms with Gasteiger partial charge in [0, 0.05) is 23.2 Å². The number of rotatable bonds is 4. The van der Waals surface area contributed by atoms with Crippen molar-refractivity contribution in [2.45, 2.75) is 12.8 Å². The third-order valence-electron chi connectivity index (χ3n) is 3.38. The van der Waals surface area contributed by atoms with Crippen molar-refractivity contribution in [3.63, 3.8) is 0 Å². The molecule has 1 aromatic carbocycles. The molecule has 1 fully saturated rings. The second kappa shape index (κ2) is 6.45. The van der Waals surface area contributed by atoms with E-state index in [0.29, 0.717) is 12.5 Å². The lowest BCUT2D eigenvalue weighted by Crippen LogP contribution is -2.39. The molecule has 18 heavy (non-hydrogen) atoms. The zero-order valence-electron chi connectivity index (χ0n) is 10.3. The van der Waals surface area contributed by atoms with Gasteiger partial charge in [0.15, 0.2) is 5.78 Å². The number of benzene rings is 1. The molecular formula is C14H18BrNO2. The van der Waals surface area contributed by atoms with E-state index in [0.717, 1.165) is 36.0 Å². The Bertz CT molecular complexity index is 422. The molecule has 0 saturated carbocycles. The largest absolute Gasteiger partial charge is 0.396 e. The predicted molar refractivity (Wildman–Crippen MR) is 74.7 cm³/mol. The lowest BCUT2D eigenvalue weighted by molar-refractivity contribution is 0.0833. The molecule has 1 heterocycles. The molecule has 4 heteroatoms. The van der Waals surface area contributed by atoms with Gasteiger partial charge in [-0.05, 0) is 37.4 Å². The molecule has 0 bridgehead atoms. The van der Waals surface area contributed by atoms with Crippen molar-refractivity contribution in [3.8, 4) is 0 Å². The van der Waals surface area contributed by atoms with Crippen LogP contribution in [0.1, 0.15) is 23.2 Å². The van der Waals surface area contributed by atoms with Gasteiger partial charge in [-0.1, -0.05) is 28.1 Å². The van der Waals surface area contributed by atoms with Gasteiger partial charge in [0.25, 0.3) is 0 Å². The van der Waals surface area contributed by atoms with E-state index >= 15 is 0 Å². The van der Waals surface area contributed by atoms with Crippen molar-refractivity contribution < 1.29 is 9.90 Å². The van der Waals surface area contributed by atoms with Gasteiger partial charge >= 0.3 is 0 Å². The maximum absolute atomic E-state index is 12.1. The molecule has 3 nitrogen and oxygen atoms in total. The van der Waals surface area contributed by atoms with Crippen LogP contribution >= 0.6 is 15.9 Å². The van der Waals surface area contributed by atoms with Gasteiger partial charge in [0.2, 0.25) is 0 Å². The van der Waals surface area contributed by atoms with Crippen LogP contribution in [0.2, 0.25) is 0 Å². The first kappa shape index (κ1) is 13.7. The molecule has 1 atom stereocenters. The third-order valence-corrected chi connectivity index (χ3v) is 3.87. The van der Waals surface area contributed by atoms with Gasteiger partial charge in [-0.15, -0.1) is 0 Å². The van der Waals surface area contributed by atoms with Crippen LogP contribution in [0, 0.1) is 5.92 Å². The van der Waals surface area contributed by atoms with Crippen LogP contribution < -0.4 is 0 Å². The Morgan fingerprint density at radius 2 is 2.33 bits per heavy atom. The first-order valence-corrected chi connectivity index (χ1v) is 7.10. The van der Waals surface area contributed by atoms with Crippen molar-refractivity contribution in [3.05, 3.63) is 34.3 Å². The zero-order valence-corrected chi connectivity index (χ0v) is 11.9. The Balaban J connectivity index is 1.95. The molecule has 1 N–H and O–H groups in total. The Morgan fingerprint density at radius 3 is 3.06 bits per heavy atom. The van der Waals surface area contributed by atoms with Crippen molar-refractivity contribution in [1.82, 2.24) is 4.90 Å². The van der Waals surface area contributed by atoms with Gasteiger partial charge in [-0.25, -0.2) is 0 Å². The summed E-state index contributed by atoms with van der Waals surface area (Å²) in [6.07, 6.45) is 2.13. The Hall–Kier alpha value is -0.710. The van der Waals surface area contributed by atoms with Gasteiger partial charge in [0.05, 0.1) is 6.54 Å². The number of halogens is 1. The molecule has 0 spiro atoms. The predicted octanol–water partition coefficient (Wildman–Crippen LogP) is 2.34. The monoisotopic (exact) mass is 311 g/mol. The fourth-order valence-electron chi connectivity index (χ4n) is 2.40. The summed E-state index contributed by atoms with van der Waals surface area (Å²) in [6.45, 7) is 2.46. The summed E-state index contributed by atoms with van der Waals surface area (Å²) in [5.74, 6) is 0.476. The van der Waals surface area contributed by atoms with Gasteiger partial charge in [-0.2, -0.15) is 0 Å². The second-order valence-electron chi connectivity index (χ2n) is 4.86. The van der Waals surface area contributed by atoms with Crippen LogP contribution in [0.3, 0.4) is 0 Å². The van der Waals surface area contributed by atoms with E-state index in [9.17, 15) is 9.90 Å². The van der Waals surface area contributed by atoms with E-state index in [1.807, 2.05) is 24.3 Å². The molecule has 0 aliphatic carbocycles. The fraction of sp³-hybridized carbons (Fsp3) is 0.500. The highest BCUT2D eigenvalue weighted by Crippen LogP contribution is 2.17. The lowest BCUT2D eigenvalue weighted by Gasteiger charge is -2.31. The molecule has 1 aromatic rings. The molecule has 1 aliphatic rings. The van der Waals surface area contributed by atoms with Crippen molar-refractivity contribution in [2.75, 3.05) is 26.2 Å². The number of piperidine rings is 1. The smallest absolute Gasteiger partial charge is 0.176 e. The van der Waals surface area contributed by atoms with Crippen LogP contribution in [0.4, 0.5) is 0 Å². The highest BCUT2D eigenvalue weighted by Gasteiger charge is 2.21. The summed E-state index contributed by atoms with van der Waals surface area (Å²) in [4.78, 5) is 14.3. The van der Waals surface area contributed by atoms with Crippen molar-refractivity contribution in [1.29, 1.82) is 0 Å². The third kappa shape index (κ3) is 3.64. The summed E-state index contributed by atoms with van der Waals surface area (Å²) in [7, 11) is 0. The van der Waals surface area contributed by atoms with E-state index in [2.05, 4.69) is 20.8 Å².